The largest absolute Gasteiger partial charge is 0.392 e. The number of rotatable bonds is 3. The molecule has 0 radical (unpaired) electrons. The Morgan fingerprint density at radius 3 is 2.33 bits per heavy atom. The molecule has 0 aromatic rings. The van der Waals surface area contributed by atoms with E-state index >= 15 is 0 Å². The standard InChI is InChI=1S/C10H17NO/c11-6-10(3-4-10)8(12)7-5-9(7)1-2-9/h7-8,12H,1-6,11H2. The van der Waals surface area contributed by atoms with Crippen molar-refractivity contribution in [1.82, 2.24) is 0 Å². The SMILES string of the molecule is NCC1(C(O)C2CC23CC3)CC1. The molecule has 0 aromatic carbocycles. The first-order chi connectivity index (χ1) is 5.72. The molecule has 3 saturated carbocycles. The molecule has 0 heterocycles. The van der Waals surface area contributed by atoms with Gasteiger partial charge < -0.3 is 10.8 Å². The quantitative estimate of drug-likeness (QED) is 0.655. The highest BCUT2D eigenvalue weighted by atomic mass is 16.3. The lowest BCUT2D eigenvalue weighted by Crippen LogP contribution is -2.31. The number of nitrogens with two attached hydrogens (primary N) is 1. The summed E-state index contributed by atoms with van der Waals surface area (Å²) in [4.78, 5) is 0. The van der Waals surface area contributed by atoms with Gasteiger partial charge in [-0.25, -0.2) is 0 Å². The van der Waals surface area contributed by atoms with E-state index in [0.29, 0.717) is 17.9 Å². The van der Waals surface area contributed by atoms with E-state index in [1.54, 1.807) is 0 Å². The molecule has 0 aromatic heterocycles. The highest BCUT2D eigenvalue weighted by molar-refractivity contribution is 5.19. The Balaban J connectivity index is 1.69. The van der Waals surface area contributed by atoms with Crippen LogP contribution in [0.4, 0.5) is 0 Å². The van der Waals surface area contributed by atoms with Gasteiger partial charge in [-0.3, -0.25) is 0 Å². The van der Waals surface area contributed by atoms with Gasteiger partial charge in [-0.05, 0) is 43.4 Å². The van der Waals surface area contributed by atoms with Gasteiger partial charge in [0.2, 0.25) is 0 Å². The van der Waals surface area contributed by atoms with Gasteiger partial charge in [0, 0.05) is 12.0 Å². The van der Waals surface area contributed by atoms with Crippen molar-refractivity contribution in [3.05, 3.63) is 0 Å². The maximum atomic E-state index is 10.1. The molecule has 12 heavy (non-hydrogen) atoms. The summed E-state index contributed by atoms with van der Waals surface area (Å²) < 4.78 is 0. The van der Waals surface area contributed by atoms with Crippen LogP contribution in [0.25, 0.3) is 0 Å². The molecular formula is C10H17NO. The van der Waals surface area contributed by atoms with Gasteiger partial charge in [-0.1, -0.05) is 0 Å². The molecule has 3 rings (SSSR count). The second-order valence-corrected chi connectivity index (χ2v) is 5.18. The molecule has 2 heteroatoms. The van der Waals surface area contributed by atoms with Crippen LogP contribution in [-0.2, 0) is 0 Å². The summed E-state index contributed by atoms with van der Waals surface area (Å²) in [6.45, 7) is 0.695. The third-order valence-electron chi connectivity index (χ3n) is 4.45. The van der Waals surface area contributed by atoms with E-state index < -0.39 is 0 Å². The Morgan fingerprint density at radius 2 is 2.00 bits per heavy atom. The molecule has 2 nitrogen and oxygen atoms in total. The molecule has 68 valence electrons. The lowest BCUT2D eigenvalue weighted by atomic mass is 9.94. The molecule has 2 unspecified atom stereocenters. The molecule has 0 amide bonds. The molecule has 2 atom stereocenters. The topological polar surface area (TPSA) is 46.2 Å². The molecule has 0 bridgehead atoms. The van der Waals surface area contributed by atoms with Crippen molar-refractivity contribution in [2.24, 2.45) is 22.5 Å². The summed E-state index contributed by atoms with van der Waals surface area (Å²) in [5.74, 6) is 0.628. The number of hydrogen-bond donors (Lipinski definition) is 2. The van der Waals surface area contributed by atoms with Gasteiger partial charge in [-0.15, -0.1) is 0 Å². The maximum absolute atomic E-state index is 10.1. The van der Waals surface area contributed by atoms with Crippen LogP contribution in [0.2, 0.25) is 0 Å². The summed E-state index contributed by atoms with van der Waals surface area (Å²) in [5.41, 5.74) is 6.48. The van der Waals surface area contributed by atoms with Crippen LogP contribution in [0.3, 0.4) is 0 Å². The van der Waals surface area contributed by atoms with E-state index in [2.05, 4.69) is 0 Å². The molecule has 1 spiro atoms. The third kappa shape index (κ3) is 0.775. The summed E-state index contributed by atoms with van der Waals surface area (Å²) in [6.07, 6.45) is 6.29. The zero-order chi connectivity index (χ0) is 8.40. The molecule has 3 N–H and O–H groups in total. The van der Waals surface area contributed by atoms with Crippen molar-refractivity contribution in [2.75, 3.05) is 6.54 Å². The maximum Gasteiger partial charge on any atom is 0.0642 e. The fourth-order valence-electron chi connectivity index (χ4n) is 2.77. The second kappa shape index (κ2) is 1.88. The fraction of sp³-hybridized carbons (Fsp3) is 1.00. The van der Waals surface area contributed by atoms with Gasteiger partial charge >= 0.3 is 0 Å². The third-order valence-corrected chi connectivity index (χ3v) is 4.45. The van der Waals surface area contributed by atoms with Crippen molar-refractivity contribution >= 4 is 0 Å². The summed E-state index contributed by atoms with van der Waals surface area (Å²) in [5, 5.41) is 10.1. The second-order valence-electron chi connectivity index (χ2n) is 5.18. The van der Waals surface area contributed by atoms with Gasteiger partial charge in [0.15, 0.2) is 0 Å². The van der Waals surface area contributed by atoms with E-state index in [1.807, 2.05) is 0 Å². The Kier molecular flexibility index (Phi) is 1.15. The van der Waals surface area contributed by atoms with E-state index in [9.17, 15) is 5.11 Å². The summed E-state index contributed by atoms with van der Waals surface area (Å²) in [6, 6.07) is 0. The molecule has 3 aliphatic carbocycles. The van der Waals surface area contributed by atoms with Crippen LogP contribution in [0.5, 0.6) is 0 Å². The average Bonchev–Trinajstić information content (AvgIpc) is 2.92. The summed E-state index contributed by atoms with van der Waals surface area (Å²) >= 11 is 0. The molecule has 0 aliphatic heterocycles. The van der Waals surface area contributed by atoms with Crippen LogP contribution in [0.1, 0.15) is 32.1 Å². The van der Waals surface area contributed by atoms with Crippen LogP contribution >= 0.6 is 0 Å². The Labute approximate surface area is 73.1 Å². The van der Waals surface area contributed by atoms with Crippen molar-refractivity contribution in [1.29, 1.82) is 0 Å². The highest BCUT2D eigenvalue weighted by Gasteiger charge is 2.69. The molecular weight excluding hydrogens is 150 g/mol. The van der Waals surface area contributed by atoms with Crippen molar-refractivity contribution < 1.29 is 5.11 Å². The smallest absolute Gasteiger partial charge is 0.0642 e. The monoisotopic (exact) mass is 167 g/mol. The van der Waals surface area contributed by atoms with Gasteiger partial charge in [0.1, 0.15) is 0 Å². The van der Waals surface area contributed by atoms with Gasteiger partial charge in [-0.2, -0.15) is 0 Å². The Bertz CT molecular complexity index is 218. The van der Waals surface area contributed by atoms with Crippen LogP contribution in [0, 0.1) is 16.7 Å². The first kappa shape index (κ1) is 7.34. The van der Waals surface area contributed by atoms with Crippen molar-refractivity contribution in [3.8, 4) is 0 Å². The fourth-order valence-corrected chi connectivity index (χ4v) is 2.77. The minimum absolute atomic E-state index is 0.0648. The number of aliphatic hydroxyl groups excluding tert-OH is 1. The Morgan fingerprint density at radius 1 is 1.33 bits per heavy atom. The predicted octanol–water partition coefficient (Wildman–Crippen LogP) is 0.886. The van der Waals surface area contributed by atoms with E-state index in [1.165, 1.54) is 19.3 Å². The minimum atomic E-state index is -0.0648. The number of hydrogen-bond acceptors (Lipinski definition) is 2. The number of aliphatic hydroxyl groups is 1. The zero-order valence-electron chi connectivity index (χ0n) is 7.42. The van der Waals surface area contributed by atoms with Crippen molar-refractivity contribution in [3.63, 3.8) is 0 Å². The van der Waals surface area contributed by atoms with Crippen LogP contribution in [0.15, 0.2) is 0 Å². The summed E-state index contributed by atoms with van der Waals surface area (Å²) in [7, 11) is 0. The first-order valence-corrected chi connectivity index (χ1v) is 5.11. The van der Waals surface area contributed by atoms with E-state index in [0.717, 1.165) is 12.8 Å². The average molecular weight is 167 g/mol. The zero-order valence-corrected chi connectivity index (χ0v) is 7.42. The van der Waals surface area contributed by atoms with E-state index in [-0.39, 0.29) is 11.5 Å². The van der Waals surface area contributed by atoms with Crippen molar-refractivity contribution in [2.45, 2.75) is 38.2 Å². The Hall–Kier alpha value is -0.0800. The van der Waals surface area contributed by atoms with Gasteiger partial charge in [0.25, 0.3) is 0 Å². The predicted molar refractivity (Wildman–Crippen MR) is 46.5 cm³/mol. The highest BCUT2D eigenvalue weighted by Crippen LogP contribution is 2.74. The lowest BCUT2D eigenvalue weighted by Gasteiger charge is -2.20. The lowest BCUT2D eigenvalue weighted by molar-refractivity contribution is 0.0695. The van der Waals surface area contributed by atoms with Crippen LogP contribution < -0.4 is 5.73 Å². The normalized spacial score (nSPS) is 41.0. The molecule has 3 fully saturated rings. The van der Waals surface area contributed by atoms with Gasteiger partial charge in [0.05, 0.1) is 6.10 Å². The minimum Gasteiger partial charge on any atom is -0.392 e. The van der Waals surface area contributed by atoms with Crippen LogP contribution in [-0.4, -0.2) is 17.8 Å². The van der Waals surface area contributed by atoms with E-state index in [4.69, 9.17) is 5.73 Å². The molecule has 0 saturated heterocycles. The first-order valence-electron chi connectivity index (χ1n) is 5.11. The molecule has 3 aliphatic rings.